The van der Waals surface area contributed by atoms with E-state index < -0.39 is 11.8 Å². The molecular formula is C7H19N5O2. The van der Waals surface area contributed by atoms with Gasteiger partial charge in [0, 0.05) is 26.2 Å². The number of carbonyl (C=O) groups is 2. The van der Waals surface area contributed by atoms with Crippen LogP contribution < -0.4 is 28.3 Å². The Bertz CT molecular complexity index is 146. The van der Waals surface area contributed by atoms with Gasteiger partial charge in [-0.25, -0.2) is 0 Å². The third-order valence-corrected chi connectivity index (χ3v) is 0.991. The summed E-state index contributed by atoms with van der Waals surface area (Å²) in [6.45, 7) is 3.13. The molecule has 84 valence electrons. The Kier molecular flexibility index (Phi) is 12.9. The van der Waals surface area contributed by atoms with E-state index in [4.69, 9.17) is 11.5 Å². The van der Waals surface area contributed by atoms with Gasteiger partial charge in [-0.3, -0.25) is 9.59 Å². The fourth-order valence-electron chi connectivity index (χ4n) is 0.501. The Hall–Kier alpha value is -1.18. The number of carbonyl (C=O) groups excluding carboxylic acids is 2. The number of nitrogens with two attached hydrogens (primary N) is 4. The molecule has 0 heterocycles. The van der Waals surface area contributed by atoms with Gasteiger partial charge in [-0.1, -0.05) is 0 Å². The van der Waals surface area contributed by atoms with Gasteiger partial charge >= 0.3 is 0 Å². The predicted octanol–water partition coefficient (Wildman–Crippen LogP) is -3.16. The fourth-order valence-corrected chi connectivity index (χ4v) is 0.501. The van der Waals surface area contributed by atoms with Crippen LogP contribution in [0.25, 0.3) is 0 Å². The first-order chi connectivity index (χ1) is 6.54. The van der Waals surface area contributed by atoms with E-state index in [-0.39, 0.29) is 6.42 Å². The van der Waals surface area contributed by atoms with Crippen LogP contribution in [0.4, 0.5) is 0 Å². The quantitative estimate of drug-likeness (QED) is 0.229. The minimum atomic E-state index is -0.687. The Morgan fingerprint density at radius 2 is 1.29 bits per heavy atom. The second-order valence-electron chi connectivity index (χ2n) is 2.44. The molecule has 0 unspecified atom stereocenters. The third-order valence-electron chi connectivity index (χ3n) is 0.991. The molecule has 0 fully saturated rings. The second kappa shape index (κ2) is 11.8. The molecule has 9 N–H and O–H groups in total. The van der Waals surface area contributed by atoms with Crippen LogP contribution in [0.5, 0.6) is 0 Å². The van der Waals surface area contributed by atoms with Gasteiger partial charge in [-0.2, -0.15) is 0 Å². The van der Waals surface area contributed by atoms with Crippen molar-refractivity contribution in [2.75, 3.05) is 26.2 Å². The summed E-state index contributed by atoms with van der Waals surface area (Å²) >= 11 is 0. The molecule has 0 saturated heterocycles. The van der Waals surface area contributed by atoms with Crippen LogP contribution in [-0.2, 0) is 9.59 Å². The SMILES string of the molecule is NC(=O)CC(N)=O.NCCNCCN. The maximum absolute atomic E-state index is 9.73. The van der Waals surface area contributed by atoms with E-state index >= 15 is 0 Å². The van der Waals surface area contributed by atoms with Gasteiger partial charge in [0.2, 0.25) is 11.8 Å². The first kappa shape index (κ1) is 15.3. The van der Waals surface area contributed by atoms with Crippen molar-refractivity contribution in [2.24, 2.45) is 22.9 Å². The lowest BCUT2D eigenvalue weighted by Gasteiger charge is -1.95. The van der Waals surface area contributed by atoms with Crippen LogP contribution in [0, 0.1) is 0 Å². The lowest BCUT2D eigenvalue weighted by molar-refractivity contribution is -0.125. The number of hydrogen-bond donors (Lipinski definition) is 5. The molecular weight excluding hydrogens is 186 g/mol. The number of primary amides is 2. The van der Waals surface area contributed by atoms with E-state index in [9.17, 15) is 9.59 Å². The molecule has 0 aromatic heterocycles. The lowest BCUT2D eigenvalue weighted by Crippen LogP contribution is -2.27. The standard InChI is InChI=1S/C4H13N3.C3H6N2O2/c5-1-3-7-4-2-6;4-2(6)1-3(5)7/h7H,1-6H2;1H2,(H2,4,6)(H2,5,7). The molecule has 0 radical (unpaired) electrons. The zero-order valence-electron chi connectivity index (χ0n) is 8.16. The van der Waals surface area contributed by atoms with E-state index in [2.05, 4.69) is 16.8 Å². The lowest BCUT2D eigenvalue weighted by atomic mass is 10.4. The summed E-state index contributed by atoms with van der Waals surface area (Å²) in [6.07, 6.45) is -0.361. The van der Waals surface area contributed by atoms with E-state index in [1.54, 1.807) is 0 Å². The Morgan fingerprint density at radius 1 is 0.929 bits per heavy atom. The van der Waals surface area contributed by atoms with E-state index in [1.165, 1.54) is 0 Å². The summed E-state index contributed by atoms with van der Waals surface area (Å²) in [5, 5.41) is 3.03. The summed E-state index contributed by atoms with van der Waals surface area (Å²) in [5.74, 6) is -1.37. The zero-order chi connectivity index (χ0) is 11.4. The molecule has 7 nitrogen and oxygen atoms in total. The highest BCUT2D eigenvalue weighted by atomic mass is 16.2. The Balaban J connectivity index is 0. The van der Waals surface area contributed by atoms with Gasteiger partial charge in [0.15, 0.2) is 0 Å². The van der Waals surface area contributed by atoms with Gasteiger partial charge in [0.25, 0.3) is 0 Å². The second-order valence-corrected chi connectivity index (χ2v) is 2.44. The average Bonchev–Trinajstić information content (AvgIpc) is 2.04. The molecule has 0 spiro atoms. The molecule has 0 aromatic carbocycles. The van der Waals surface area contributed by atoms with Crippen LogP contribution in [0.1, 0.15) is 6.42 Å². The van der Waals surface area contributed by atoms with Crippen molar-refractivity contribution in [1.29, 1.82) is 0 Å². The van der Waals surface area contributed by atoms with Crippen molar-refractivity contribution < 1.29 is 9.59 Å². The molecule has 0 aliphatic rings. The summed E-state index contributed by atoms with van der Waals surface area (Å²) in [4.78, 5) is 19.5. The van der Waals surface area contributed by atoms with Crippen LogP contribution in [-0.4, -0.2) is 38.0 Å². The van der Waals surface area contributed by atoms with Crippen LogP contribution in [0.3, 0.4) is 0 Å². The highest BCUT2D eigenvalue weighted by molar-refractivity contribution is 5.95. The highest BCUT2D eigenvalue weighted by Gasteiger charge is 1.96. The molecule has 0 bridgehead atoms. The number of nitrogens with one attached hydrogen (secondary N) is 1. The van der Waals surface area contributed by atoms with Crippen molar-refractivity contribution in [3.8, 4) is 0 Å². The van der Waals surface area contributed by atoms with E-state index in [1.807, 2.05) is 0 Å². The van der Waals surface area contributed by atoms with Crippen molar-refractivity contribution >= 4 is 11.8 Å². The summed E-state index contributed by atoms with van der Waals surface area (Å²) in [6, 6.07) is 0. The molecule has 0 atom stereocenters. The predicted molar refractivity (Wildman–Crippen MR) is 54.0 cm³/mol. The van der Waals surface area contributed by atoms with Crippen molar-refractivity contribution in [2.45, 2.75) is 6.42 Å². The van der Waals surface area contributed by atoms with Crippen molar-refractivity contribution in [1.82, 2.24) is 5.32 Å². The van der Waals surface area contributed by atoms with Gasteiger partial charge in [0.05, 0.1) is 0 Å². The normalized spacial score (nSPS) is 8.71. The van der Waals surface area contributed by atoms with Crippen LogP contribution in [0.2, 0.25) is 0 Å². The van der Waals surface area contributed by atoms with Crippen LogP contribution in [0.15, 0.2) is 0 Å². The molecule has 14 heavy (non-hydrogen) atoms. The first-order valence-electron chi connectivity index (χ1n) is 4.22. The molecule has 0 aliphatic carbocycles. The maximum atomic E-state index is 9.73. The molecule has 0 rings (SSSR count). The van der Waals surface area contributed by atoms with Gasteiger partial charge in [-0.15, -0.1) is 0 Å². The molecule has 7 heteroatoms. The largest absolute Gasteiger partial charge is 0.369 e. The highest BCUT2D eigenvalue weighted by Crippen LogP contribution is 1.68. The number of amides is 2. The van der Waals surface area contributed by atoms with Crippen LogP contribution >= 0.6 is 0 Å². The zero-order valence-corrected chi connectivity index (χ0v) is 8.16. The fraction of sp³-hybridized carbons (Fsp3) is 0.714. The van der Waals surface area contributed by atoms with Crippen molar-refractivity contribution in [3.05, 3.63) is 0 Å². The molecule has 0 saturated carbocycles. The smallest absolute Gasteiger partial charge is 0.226 e. The first-order valence-corrected chi connectivity index (χ1v) is 4.22. The average molecular weight is 205 g/mol. The molecule has 0 aromatic rings. The van der Waals surface area contributed by atoms with E-state index in [0.29, 0.717) is 13.1 Å². The summed E-state index contributed by atoms with van der Waals surface area (Å²) < 4.78 is 0. The molecule has 0 aliphatic heterocycles. The number of rotatable bonds is 6. The monoisotopic (exact) mass is 205 g/mol. The van der Waals surface area contributed by atoms with Gasteiger partial charge < -0.3 is 28.3 Å². The molecule has 2 amide bonds. The van der Waals surface area contributed by atoms with Gasteiger partial charge in [0.1, 0.15) is 6.42 Å². The Labute approximate surface area is 83.2 Å². The van der Waals surface area contributed by atoms with Crippen molar-refractivity contribution in [3.63, 3.8) is 0 Å². The minimum Gasteiger partial charge on any atom is -0.369 e. The summed E-state index contributed by atoms with van der Waals surface area (Å²) in [7, 11) is 0. The topological polar surface area (TPSA) is 150 Å². The number of hydrogen-bond acceptors (Lipinski definition) is 5. The third kappa shape index (κ3) is 22.4. The maximum Gasteiger partial charge on any atom is 0.226 e. The Morgan fingerprint density at radius 3 is 1.43 bits per heavy atom. The van der Waals surface area contributed by atoms with Gasteiger partial charge in [-0.05, 0) is 0 Å². The summed E-state index contributed by atoms with van der Waals surface area (Å²) in [5.41, 5.74) is 19.4. The minimum absolute atomic E-state index is 0.361. The van der Waals surface area contributed by atoms with E-state index in [0.717, 1.165) is 13.1 Å².